The van der Waals surface area contributed by atoms with E-state index < -0.39 is 0 Å². The molecule has 3 aliphatic rings. The second-order valence-electron chi connectivity index (χ2n) is 8.11. The molecule has 1 unspecified atom stereocenters. The number of fused-ring (bicyclic) bond motifs is 2. The molecule has 2 aromatic rings. The van der Waals surface area contributed by atoms with Crippen LogP contribution >= 0.6 is 0 Å². The molecule has 0 bridgehead atoms. The van der Waals surface area contributed by atoms with E-state index in [2.05, 4.69) is 57.2 Å². The molecule has 2 aromatic carbocycles. The first-order valence-electron chi connectivity index (χ1n) is 10.1. The van der Waals surface area contributed by atoms with E-state index in [0.29, 0.717) is 18.1 Å². The zero-order valence-electron chi connectivity index (χ0n) is 15.3. The minimum Gasteiger partial charge on any atom is -0.320 e. The summed E-state index contributed by atoms with van der Waals surface area (Å²) in [6.07, 6.45) is 4.61. The lowest BCUT2D eigenvalue weighted by Crippen LogP contribution is -2.46. The molecule has 26 heavy (non-hydrogen) atoms. The number of benzene rings is 2. The third kappa shape index (κ3) is 2.86. The van der Waals surface area contributed by atoms with Gasteiger partial charge in [0.1, 0.15) is 0 Å². The van der Waals surface area contributed by atoms with Crippen LogP contribution < -0.4 is 0 Å². The van der Waals surface area contributed by atoms with Gasteiger partial charge in [0.15, 0.2) is 0 Å². The predicted molar refractivity (Wildman–Crippen MR) is 104 cm³/mol. The van der Waals surface area contributed by atoms with Gasteiger partial charge in [-0.15, -0.1) is 0 Å². The van der Waals surface area contributed by atoms with Crippen molar-refractivity contribution in [2.75, 3.05) is 26.2 Å². The fourth-order valence-electron chi connectivity index (χ4n) is 5.04. The van der Waals surface area contributed by atoms with E-state index in [0.717, 1.165) is 45.6 Å². The topological polar surface area (TPSA) is 26.8 Å². The SMILES string of the molecule is O=C1N2CCCC2CN1C1CCN(Cc2ccc3ccccc3c2)CC1. The van der Waals surface area contributed by atoms with Gasteiger partial charge in [-0.1, -0.05) is 36.4 Å². The number of amides is 2. The van der Waals surface area contributed by atoms with Crippen molar-refractivity contribution in [2.45, 2.75) is 44.3 Å². The Balaban J connectivity index is 1.20. The summed E-state index contributed by atoms with van der Waals surface area (Å²) in [5.74, 6) is 0. The van der Waals surface area contributed by atoms with Crippen LogP contribution in [-0.2, 0) is 6.54 Å². The molecule has 136 valence electrons. The van der Waals surface area contributed by atoms with Gasteiger partial charge in [0, 0.05) is 38.8 Å². The van der Waals surface area contributed by atoms with Crippen molar-refractivity contribution >= 4 is 16.8 Å². The van der Waals surface area contributed by atoms with Gasteiger partial charge in [-0.25, -0.2) is 4.79 Å². The molecule has 0 N–H and O–H groups in total. The third-order valence-corrected chi connectivity index (χ3v) is 6.49. The zero-order chi connectivity index (χ0) is 17.5. The van der Waals surface area contributed by atoms with Gasteiger partial charge in [0.25, 0.3) is 0 Å². The first-order chi connectivity index (χ1) is 12.8. The van der Waals surface area contributed by atoms with E-state index in [1.54, 1.807) is 0 Å². The van der Waals surface area contributed by atoms with E-state index in [9.17, 15) is 4.79 Å². The van der Waals surface area contributed by atoms with E-state index in [1.165, 1.54) is 29.2 Å². The summed E-state index contributed by atoms with van der Waals surface area (Å²) < 4.78 is 0. The Morgan fingerprint density at radius 3 is 2.46 bits per heavy atom. The van der Waals surface area contributed by atoms with Crippen LogP contribution in [0.5, 0.6) is 0 Å². The Kier molecular flexibility index (Phi) is 4.08. The summed E-state index contributed by atoms with van der Waals surface area (Å²) in [6, 6.07) is 16.6. The van der Waals surface area contributed by atoms with Crippen LogP contribution in [0.25, 0.3) is 10.8 Å². The molecule has 3 aliphatic heterocycles. The summed E-state index contributed by atoms with van der Waals surface area (Å²) in [6.45, 7) is 5.13. The average molecular weight is 349 g/mol. The van der Waals surface area contributed by atoms with Crippen molar-refractivity contribution in [1.82, 2.24) is 14.7 Å². The highest BCUT2D eigenvalue weighted by Crippen LogP contribution is 2.30. The van der Waals surface area contributed by atoms with Gasteiger partial charge in [0.2, 0.25) is 0 Å². The maximum Gasteiger partial charge on any atom is 0.320 e. The Labute approximate surface area is 155 Å². The largest absolute Gasteiger partial charge is 0.320 e. The van der Waals surface area contributed by atoms with Crippen LogP contribution in [-0.4, -0.2) is 59.0 Å². The van der Waals surface area contributed by atoms with Crippen molar-refractivity contribution in [2.24, 2.45) is 0 Å². The Morgan fingerprint density at radius 2 is 1.65 bits per heavy atom. The number of carbonyl (C=O) groups is 1. The Bertz CT molecular complexity index is 812. The van der Waals surface area contributed by atoms with E-state index >= 15 is 0 Å². The molecule has 5 rings (SSSR count). The molecule has 3 saturated heterocycles. The number of hydrogen-bond acceptors (Lipinski definition) is 2. The first-order valence-corrected chi connectivity index (χ1v) is 10.1. The molecular weight excluding hydrogens is 322 g/mol. The van der Waals surface area contributed by atoms with Crippen molar-refractivity contribution < 1.29 is 4.79 Å². The number of hydrogen-bond donors (Lipinski definition) is 0. The smallest absolute Gasteiger partial charge is 0.320 e. The molecule has 3 fully saturated rings. The van der Waals surface area contributed by atoms with Crippen LogP contribution in [0.3, 0.4) is 0 Å². The highest BCUT2D eigenvalue weighted by molar-refractivity contribution is 5.83. The molecular formula is C22H27N3O. The monoisotopic (exact) mass is 349 g/mol. The van der Waals surface area contributed by atoms with E-state index in [1.807, 2.05) is 0 Å². The molecule has 0 spiro atoms. The fourth-order valence-corrected chi connectivity index (χ4v) is 5.04. The summed E-state index contributed by atoms with van der Waals surface area (Å²) in [5.41, 5.74) is 1.39. The maximum atomic E-state index is 12.6. The minimum absolute atomic E-state index is 0.306. The second kappa shape index (κ2) is 6.58. The van der Waals surface area contributed by atoms with Crippen molar-refractivity contribution in [3.05, 3.63) is 48.0 Å². The summed E-state index contributed by atoms with van der Waals surface area (Å²) in [7, 11) is 0. The van der Waals surface area contributed by atoms with Gasteiger partial charge in [-0.2, -0.15) is 0 Å². The quantitative estimate of drug-likeness (QED) is 0.845. The van der Waals surface area contributed by atoms with Crippen LogP contribution in [0.1, 0.15) is 31.2 Å². The lowest BCUT2D eigenvalue weighted by atomic mass is 10.0. The van der Waals surface area contributed by atoms with Crippen LogP contribution in [0.2, 0.25) is 0 Å². The lowest BCUT2D eigenvalue weighted by Gasteiger charge is -2.36. The third-order valence-electron chi connectivity index (χ3n) is 6.49. The number of carbonyl (C=O) groups excluding carboxylic acids is 1. The van der Waals surface area contributed by atoms with Gasteiger partial charge in [-0.3, -0.25) is 4.90 Å². The molecule has 3 heterocycles. The molecule has 2 amide bonds. The number of nitrogens with zero attached hydrogens (tertiary/aromatic N) is 3. The number of urea groups is 1. The van der Waals surface area contributed by atoms with Gasteiger partial charge in [-0.05, 0) is 48.1 Å². The van der Waals surface area contributed by atoms with Crippen LogP contribution in [0.15, 0.2) is 42.5 Å². The van der Waals surface area contributed by atoms with Gasteiger partial charge >= 0.3 is 6.03 Å². The summed E-state index contributed by atoms with van der Waals surface area (Å²) in [4.78, 5) is 19.5. The molecule has 4 nitrogen and oxygen atoms in total. The molecule has 0 aliphatic carbocycles. The maximum absolute atomic E-state index is 12.6. The normalized spacial score (nSPS) is 24.6. The molecule has 0 saturated carbocycles. The highest BCUT2D eigenvalue weighted by atomic mass is 16.2. The number of rotatable bonds is 3. The van der Waals surface area contributed by atoms with Crippen LogP contribution in [0.4, 0.5) is 4.79 Å². The molecule has 1 atom stereocenters. The van der Waals surface area contributed by atoms with Crippen molar-refractivity contribution in [3.8, 4) is 0 Å². The zero-order valence-corrected chi connectivity index (χ0v) is 15.3. The standard InChI is InChI=1S/C22H27N3O/c26-22-24-11-3-6-21(24)16-25(22)20-9-12-23(13-10-20)15-17-7-8-18-4-1-2-5-19(18)14-17/h1-2,4-5,7-8,14,20-21H,3,6,9-13,15-16H2. The molecule has 4 heteroatoms. The Morgan fingerprint density at radius 1 is 0.846 bits per heavy atom. The van der Waals surface area contributed by atoms with Gasteiger partial charge in [0.05, 0.1) is 6.04 Å². The van der Waals surface area contributed by atoms with Crippen molar-refractivity contribution in [1.29, 1.82) is 0 Å². The summed E-state index contributed by atoms with van der Waals surface area (Å²) in [5, 5.41) is 2.63. The summed E-state index contributed by atoms with van der Waals surface area (Å²) >= 11 is 0. The lowest BCUT2D eigenvalue weighted by molar-refractivity contribution is 0.126. The van der Waals surface area contributed by atoms with E-state index in [4.69, 9.17) is 0 Å². The predicted octanol–water partition coefficient (Wildman–Crippen LogP) is 3.70. The molecule has 0 aromatic heterocycles. The Hall–Kier alpha value is -2.07. The van der Waals surface area contributed by atoms with Crippen LogP contribution in [0, 0.1) is 0 Å². The number of piperidine rings is 1. The second-order valence-corrected chi connectivity index (χ2v) is 8.11. The van der Waals surface area contributed by atoms with Gasteiger partial charge < -0.3 is 9.80 Å². The fraction of sp³-hybridized carbons (Fsp3) is 0.500. The van der Waals surface area contributed by atoms with E-state index in [-0.39, 0.29) is 0 Å². The minimum atomic E-state index is 0.306. The van der Waals surface area contributed by atoms with Crippen molar-refractivity contribution in [3.63, 3.8) is 0 Å². The highest BCUT2D eigenvalue weighted by Gasteiger charge is 2.43. The average Bonchev–Trinajstić information content (AvgIpc) is 3.26. The molecule has 0 radical (unpaired) electrons. The number of likely N-dealkylation sites (tertiary alicyclic amines) is 1. The first kappa shape index (κ1) is 16.1.